The van der Waals surface area contributed by atoms with Crippen LogP contribution in [0.25, 0.3) is 5.76 Å². The summed E-state index contributed by atoms with van der Waals surface area (Å²) in [6.45, 7) is 0.183. The smallest absolute Gasteiger partial charge is 0.295 e. The molecule has 0 bridgehead atoms. The molecule has 4 rings (SSSR count). The first-order chi connectivity index (χ1) is 16.8. The van der Waals surface area contributed by atoms with E-state index in [4.69, 9.17) is 37.4 Å². The number of carbonyl (C=O) groups excluding carboxylic acids is 2. The standard InChI is InChI=1S/C25H21Cl2NO6S/c1-32-14-7-4-6-13(10-14)20-18(22(30)25(31)28(20)12-15-8-5-9-35-15)21(29)16-11-17(26)24(34-3)19(27)23(16)33-2/h4-11,20,29H,12H2,1-3H3/b21-18+. The third-order valence-corrected chi connectivity index (χ3v) is 7.14. The third kappa shape index (κ3) is 4.45. The van der Waals surface area contributed by atoms with Crippen LogP contribution in [0.3, 0.4) is 0 Å². The number of amides is 1. The molecule has 2 aromatic carbocycles. The van der Waals surface area contributed by atoms with Crippen LogP contribution in [0.15, 0.2) is 53.4 Å². The molecule has 1 unspecified atom stereocenters. The number of hydrogen-bond donors (Lipinski definition) is 1. The van der Waals surface area contributed by atoms with Crippen LogP contribution in [-0.4, -0.2) is 43.0 Å². The molecule has 0 spiro atoms. The minimum atomic E-state index is -0.892. The van der Waals surface area contributed by atoms with Crippen molar-refractivity contribution in [2.24, 2.45) is 0 Å². The normalized spacial score (nSPS) is 17.1. The van der Waals surface area contributed by atoms with E-state index in [1.807, 2.05) is 17.5 Å². The van der Waals surface area contributed by atoms with Gasteiger partial charge in [0.1, 0.15) is 16.5 Å². The highest BCUT2D eigenvalue weighted by Crippen LogP contribution is 2.47. The lowest BCUT2D eigenvalue weighted by molar-refractivity contribution is -0.140. The maximum absolute atomic E-state index is 13.3. The average Bonchev–Trinajstić information content (AvgIpc) is 3.46. The molecule has 1 saturated heterocycles. The first kappa shape index (κ1) is 24.9. The van der Waals surface area contributed by atoms with Gasteiger partial charge in [0.15, 0.2) is 11.5 Å². The molecule has 3 aromatic rings. The van der Waals surface area contributed by atoms with Crippen molar-refractivity contribution in [3.8, 4) is 17.2 Å². The third-order valence-electron chi connectivity index (χ3n) is 5.65. The van der Waals surface area contributed by atoms with Crippen molar-refractivity contribution in [3.05, 3.63) is 79.5 Å². The van der Waals surface area contributed by atoms with Crippen molar-refractivity contribution in [1.29, 1.82) is 0 Å². The summed E-state index contributed by atoms with van der Waals surface area (Å²) >= 11 is 14.2. The minimum Gasteiger partial charge on any atom is -0.507 e. The van der Waals surface area contributed by atoms with E-state index >= 15 is 0 Å². The number of nitrogens with zero attached hydrogens (tertiary/aromatic N) is 1. The van der Waals surface area contributed by atoms with Crippen molar-refractivity contribution in [2.45, 2.75) is 12.6 Å². The van der Waals surface area contributed by atoms with Crippen LogP contribution in [-0.2, 0) is 16.1 Å². The monoisotopic (exact) mass is 533 g/mol. The highest BCUT2D eigenvalue weighted by molar-refractivity contribution is 7.09. The maximum atomic E-state index is 13.3. The van der Waals surface area contributed by atoms with Crippen molar-refractivity contribution in [1.82, 2.24) is 4.90 Å². The van der Waals surface area contributed by atoms with Gasteiger partial charge in [-0.25, -0.2) is 0 Å². The van der Waals surface area contributed by atoms with E-state index in [1.165, 1.54) is 43.6 Å². The van der Waals surface area contributed by atoms with Gasteiger partial charge >= 0.3 is 0 Å². The van der Waals surface area contributed by atoms with Crippen LogP contribution in [0.5, 0.6) is 17.2 Å². The second-order valence-electron chi connectivity index (χ2n) is 7.57. The van der Waals surface area contributed by atoms with E-state index in [9.17, 15) is 14.7 Å². The van der Waals surface area contributed by atoms with Crippen molar-refractivity contribution in [2.75, 3.05) is 21.3 Å². The number of ketones is 1. The van der Waals surface area contributed by atoms with Gasteiger partial charge in [-0.05, 0) is 35.2 Å². The Morgan fingerprint density at radius 3 is 2.40 bits per heavy atom. The molecule has 2 heterocycles. The first-order valence-corrected chi connectivity index (χ1v) is 12.0. The molecule has 182 valence electrons. The van der Waals surface area contributed by atoms with Crippen LogP contribution in [0.4, 0.5) is 0 Å². The number of likely N-dealkylation sites (tertiary alicyclic amines) is 1. The molecule has 10 heteroatoms. The van der Waals surface area contributed by atoms with Gasteiger partial charge in [-0.15, -0.1) is 11.3 Å². The van der Waals surface area contributed by atoms with Crippen LogP contribution in [0.1, 0.15) is 22.0 Å². The Kier molecular flexibility index (Phi) is 7.25. The van der Waals surface area contributed by atoms with E-state index in [0.29, 0.717) is 11.3 Å². The number of aliphatic hydroxyl groups is 1. The van der Waals surface area contributed by atoms with Gasteiger partial charge in [-0.1, -0.05) is 41.4 Å². The van der Waals surface area contributed by atoms with E-state index in [0.717, 1.165) is 4.88 Å². The number of benzene rings is 2. The fourth-order valence-corrected chi connectivity index (χ4v) is 5.45. The summed E-state index contributed by atoms with van der Waals surface area (Å²) in [7, 11) is 4.28. The second-order valence-corrected chi connectivity index (χ2v) is 9.39. The summed E-state index contributed by atoms with van der Waals surface area (Å²) in [5, 5.41) is 13.5. The molecule has 7 nitrogen and oxygen atoms in total. The summed E-state index contributed by atoms with van der Waals surface area (Å²) in [4.78, 5) is 28.8. The second kappa shape index (κ2) is 10.2. The fourth-order valence-electron chi connectivity index (χ4n) is 4.06. The summed E-state index contributed by atoms with van der Waals surface area (Å²) in [5.74, 6) is -1.29. The van der Waals surface area contributed by atoms with Crippen molar-refractivity contribution in [3.63, 3.8) is 0 Å². The Hall–Kier alpha value is -3.20. The molecule has 1 N–H and O–H groups in total. The topological polar surface area (TPSA) is 85.3 Å². The van der Waals surface area contributed by atoms with Gasteiger partial charge in [0.2, 0.25) is 0 Å². The highest BCUT2D eigenvalue weighted by Gasteiger charge is 2.46. The Balaban J connectivity index is 1.96. The Bertz CT molecular complexity index is 1320. The molecular formula is C25H21Cl2NO6S. The molecule has 1 fully saturated rings. The van der Waals surface area contributed by atoms with E-state index in [-0.39, 0.29) is 39.2 Å². The number of carbonyl (C=O) groups is 2. The summed E-state index contributed by atoms with van der Waals surface area (Å²) in [6.07, 6.45) is 0. The van der Waals surface area contributed by atoms with Crippen LogP contribution >= 0.6 is 34.5 Å². The largest absolute Gasteiger partial charge is 0.507 e. The zero-order valence-electron chi connectivity index (χ0n) is 19.0. The Morgan fingerprint density at radius 2 is 1.77 bits per heavy atom. The predicted molar refractivity (Wildman–Crippen MR) is 135 cm³/mol. The number of ether oxygens (including phenoxy) is 3. The maximum Gasteiger partial charge on any atom is 0.295 e. The molecule has 1 atom stereocenters. The zero-order valence-corrected chi connectivity index (χ0v) is 21.3. The predicted octanol–water partition coefficient (Wildman–Crippen LogP) is 5.70. The summed E-state index contributed by atoms with van der Waals surface area (Å²) < 4.78 is 16.0. The van der Waals surface area contributed by atoms with Gasteiger partial charge < -0.3 is 24.2 Å². The number of halogens is 2. The van der Waals surface area contributed by atoms with Gasteiger partial charge in [0.25, 0.3) is 11.7 Å². The molecule has 1 aliphatic heterocycles. The lowest BCUT2D eigenvalue weighted by Gasteiger charge is -2.25. The van der Waals surface area contributed by atoms with Crippen LogP contribution < -0.4 is 14.2 Å². The summed E-state index contributed by atoms with van der Waals surface area (Å²) in [5.41, 5.74) is 0.534. The lowest BCUT2D eigenvalue weighted by Crippen LogP contribution is -2.28. The molecule has 1 amide bonds. The SMILES string of the molecule is COc1cccc(C2/C(=C(\O)c3cc(Cl)c(OC)c(Cl)c3OC)C(=O)C(=O)N2Cc2cccs2)c1. The molecule has 0 aliphatic carbocycles. The number of hydrogen-bond acceptors (Lipinski definition) is 7. The first-order valence-electron chi connectivity index (χ1n) is 10.4. The molecule has 0 radical (unpaired) electrons. The number of methoxy groups -OCH3 is 3. The molecule has 1 aliphatic rings. The van der Waals surface area contributed by atoms with E-state index < -0.39 is 23.5 Å². The summed E-state index contributed by atoms with van der Waals surface area (Å²) in [6, 6.07) is 11.2. The highest BCUT2D eigenvalue weighted by atomic mass is 35.5. The number of rotatable bonds is 7. The number of aliphatic hydroxyl groups excluding tert-OH is 1. The average molecular weight is 534 g/mol. The van der Waals surface area contributed by atoms with Gasteiger partial charge in [0.05, 0.1) is 50.1 Å². The Morgan fingerprint density at radius 1 is 1.03 bits per heavy atom. The molecule has 0 saturated carbocycles. The zero-order chi connectivity index (χ0) is 25.3. The van der Waals surface area contributed by atoms with Crippen molar-refractivity contribution >= 4 is 52.0 Å². The van der Waals surface area contributed by atoms with Gasteiger partial charge in [-0.3, -0.25) is 9.59 Å². The lowest BCUT2D eigenvalue weighted by atomic mass is 9.94. The van der Waals surface area contributed by atoms with Crippen LogP contribution in [0.2, 0.25) is 10.0 Å². The quantitative estimate of drug-likeness (QED) is 0.238. The molecule has 1 aromatic heterocycles. The minimum absolute atomic E-state index is 0.0230. The van der Waals surface area contributed by atoms with Gasteiger partial charge in [-0.2, -0.15) is 0 Å². The molecular weight excluding hydrogens is 513 g/mol. The molecule has 35 heavy (non-hydrogen) atoms. The number of Topliss-reactive ketones (excluding diaryl/α,β-unsaturated/α-hetero) is 1. The van der Waals surface area contributed by atoms with Crippen molar-refractivity contribution < 1.29 is 28.9 Å². The van der Waals surface area contributed by atoms with E-state index in [1.54, 1.807) is 24.3 Å². The van der Waals surface area contributed by atoms with Crippen LogP contribution in [0, 0.1) is 0 Å². The Labute approximate surface area is 216 Å². The van der Waals surface area contributed by atoms with E-state index in [2.05, 4.69) is 0 Å². The van der Waals surface area contributed by atoms with Gasteiger partial charge in [0, 0.05) is 4.88 Å². The number of thiophene rings is 1. The fraction of sp³-hybridized carbons (Fsp3) is 0.200.